The number of hydrogen-bond donors (Lipinski definition) is 1. The largest absolute Gasteiger partial charge is 0.497 e. The first kappa shape index (κ1) is 15.8. The summed E-state index contributed by atoms with van der Waals surface area (Å²) >= 11 is 0. The molecule has 0 aliphatic carbocycles. The van der Waals surface area contributed by atoms with Crippen LogP contribution in [0.25, 0.3) is 5.69 Å². The van der Waals surface area contributed by atoms with Gasteiger partial charge in [0, 0.05) is 30.5 Å². The van der Waals surface area contributed by atoms with Crippen molar-refractivity contribution in [1.82, 2.24) is 29.6 Å². The molecule has 1 atom stereocenters. The number of ether oxygens (including phenoxy) is 1. The fourth-order valence-corrected chi connectivity index (χ4v) is 3.46. The number of aromatic amines is 1. The molecule has 3 aromatic rings. The zero-order valence-electron chi connectivity index (χ0n) is 14.3. The lowest BCUT2D eigenvalue weighted by Gasteiger charge is -2.31. The average Bonchev–Trinajstić information content (AvgIpc) is 3.34. The van der Waals surface area contributed by atoms with Crippen molar-refractivity contribution in [2.45, 2.75) is 25.3 Å². The van der Waals surface area contributed by atoms with Crippen LogP contribution in [0.5, 0.6) is 5.75 Å². The number of imidazole rings is 1. The molecule has 3 heterocycles. The normalized spacial score (nSPS) is 18.4. The number of methoxy groups -OCH3 is 1. The molecule has 2 aromatic heterocycles. The summed E-state index contributed by atoms with van der Waals surface area (Å²) in [4.78, 5) is 11.3. The summed E-state index contributed by atoms with van der Waals surface area (Å²) in [5, 5.41) is 7.00. The molecule has 0 spiro atoms. The second-order valence-corrected chi connectivity index (χ2v) is 6.36. The van der Waals surface area contributed by atoms with Gasteiger partial charge in [-0.25, -0.2) is 9.97 Å². The molecule has 0 amide bonds. The van der Waals surface area contributed by atoms with Gasteiger partial charge >= 0.3 is 0 Å². The highest BCUT2D eigenvalue weighted by Crippen LogP contribution is 2.25. The Balaban J connectivity index is 1.48. The summed E-state index contributed by atoms with van der Waals surface area (Å²) in [6.45, 7) is 2.88. The Labute approximate surface area is 146 Å². The number of piperidine rings is 1. The van der Waals surface area contributed by atoms with Crippen molar-refractivity contribution in [3.8, 4) is 11.4 Å². The van der Waals surface area contributed by atoms with Gasteiger partial charge in [0.25, 0.3) is 0 Å². The topological polar surface area (TPSA) is 71.9 Å². The summed E-state index contributed by atoms with van der Waals surface area (Å²) in [6, 6.07) is 8.05. The van der Waals surface area contributed by atoms with Gasteiger partial charge in [-0.1, -0.05) is 0 Å². The van der Waals surface area contributed by atoms with E-state index in [0.29, 0.717) is 5.92 Å². The Kier molecular flexibility index (Phi) is 4.47. The predicted molar refractivity (Wildman–Crippen MR) is 93.8 cm³/mol. The van der Waals surface area contributed by atoms with Crippen LogP contribution in [0, 0.1) is 0 Å². The van der Waals surface area contributed by atoms with E-state index < -0.39 is 0 Å². The van der Waals surface area contributed by atoms with Gasteiger partial charge in [-0.05, 0) is 43.7 Å². The number of nitrogens with one attached hydrogen (secondary N) is 1. The van der Waals surface area contributed by atoms with E-state index in [-0.39, 0.29) is 0 Å². The monoisotopic (exact) mass is 338 g/mol. The number of hydrogen-bond acceptors (Lipinski definition) is 5. The molecular formula is C18H22N6O. The standard InChI is InChI=1S/C18H22N6O/c1-25-16-6-4-15(5-7-16)24-10-8-19-17(24)12-23-9-2-3-14(11-23)18-20-13-21-22-18/h4-8,10,13-14H,2-3,9,11-12H2,1H3,(H,20,21,22). The summed E-state index contributed by atoms with van der Waals surface area (Å²) in [7, 11) is 1.68. The maximum absolute atomic E-state index is 5.24. The first-order chi connectivity index (χ1) is 12.3. The number of aromatic nitrogens is 5. The third kappa shape index (κ3) is 3.41. The molecule has 1 unspecified atom stereocenters. The molecule has 1 aliphatic heterocycles. The van der Waals surface area contributed by atoms with E-state index in [9.17, 15) is 0 Å². The molecule has 0 bridgehead atoms. The lowest BCUT2D eigenvalue weighted by Crippen LogP contribution is -2.35. The third-order valence-corrected chi connectivity index (χ3v) is 4.76. The minimum absolute atomic E-state index is 0.417. The van der Waals surface area contributed by atoms with Crippen molar-refractivity contribution < 1.29 is 4.74 Å². The Bertz CT molecular complexity index is 795. The number of benzene rings is 1. The Hall–Kier alpha value is -2.67. The van der Waals surface area contributed by atoms with Gasteiger partial charge in [0.05, 0.1) is 13.7 Å². The lowest BCUT2D eigenvalue weighted by molar-refractivity contribution is 0.191. The first-order valence-electron chi connectivity index (χ1n) is 8.58. The molecule has 0 saturated carbocycles. The van der Waals surface area contributed by atoms with E-state index >= 15 is 0 Å². The van der Waals surface area contributed by atoms with Crippen molar-refractivity contribution in [2.75, 3.05) is 20.2 Å². The predicted octanol–water partition coefficient (Wildman–Crippen LogP) is 2.38. The summed E-state index contributed by atoms with van der Waals surface area (Å²) < 4.78 is 7.37. The van der Waals surface area contributed by atoms with E-state index in [1.807, 2.05) is 24.5 Å². The van der Waals surface area contributed by atoms with Crippen LogP contribution in [0.3, 0.4) is 0 Å². The molecular weight excluding hydrogens is 316 g/mol. The van der Waals surface area contributed by atoms with E-state index in [1.165, 1.54) is 0 Å². The molecule has 7 nitrogen and oxygen atoms in total. The Morgan fingerprint density at radius 2 is 2.12 bits per heavy atom. The molecule has 4 rings (SSSR count). The third-order valence-electron chi connectivity index (χ3n) is 4.76. The van der Waals surface area contributed by atoms with Crippen LogP contribution in [0.15, 0.2) is 43.0 Å². The molecule has 0 radical (unpaired) electrons. The van der Waals surface area contributed by atoms with Crippen molar-refractivity contribution in [3.05, 3.63) is 54.6 Å². The van der Waals surface area contributed by atoms with Crippen LogP contribution >= 0.6 is 0 Å². The van der Waals surface area contributed by atoms with Gasteiger partial charge in [-0.2, -0.15) is 5.10 Å². The van der Waals surface area contributed by atoms with E-state index in [4.69, 9.17) is 4.74 Å². The van der Waals surface area contributed by atoms with Crippen molar-refractivity contribution in [2.24, 2.45) is 0 Å². The van der Waals surface area contributed by atoms with E-state index in [0.717, 1.165) is 55.6 Å². The number of rotatable bonds is 5. The second kappa shape index (κ2) is 7.06. The summed E-state index contributed by atoms with van der Waals surface area (Å²) in [5.41, 5.74) is 1.09. The highest BCUT2D eigenvalue weighted by atomic mass is 16.5. The second-order valence-electron chi connectivity index (χ2n) is 6.36. The molecule has 7 heteroatoms. The fraction of sp³-hybridized carbons (Fsp3) is 0.389. The van der Waals surface area contributed by atoms with Crippen LogP contribution < -0.4 is 4.74 Å². The van der Waals surface area contributed by atoms with Gasteiger partial charge in [0.15, 0.2) is 0 Å². The maximum Gasteiger partial charge on any atom is 0.137 e. The minimum atomic E-state index is 0.417. The molecule has 25 heavy (non-hydrogen) atoms. The van der Waals surface area contributed by atoms with E-state index in [1.54, 1.807) is 13.4 Å². The lowest BCUT2D eigenvalue weighted by atomic mass is 9.97. The van der Waals surface area contributed by atoms with Crippen LogP contribution in [0.4, 0.5) is 0 Å². The zero-order chi connectivity index (χ0) is 17.1. The highest BCUT2D eigenvalue weighted by molar-refractivity contribution is 5.38. The van der Waals surface area contributed by atoms with Crippen LogP contribution in [-0.4, -0.2) is 49.8 Å². The van der Waals surface area contributed by atoms with Gasteiger partial charge in [0.2, 0.25) is 0 Å². The molecule has 1 aliphatic rings. The van der Waals surface area contributed by atoms with Crippen molar-refractivity contribution >= 4 is 0 Å². The molecule has 1 fully saturated rings. The fourth-order valence-electron chi connectivity index (χ4n) is 3.46. The van der Waals surface area contributed by atoms with Gasteiger partial charge in [-0.15, -0.1) is 0 Å². The number of likely N-dealkylation sites (tertiary alicyclic amines) is 1. The molecule has 1 N–H and O–H groups in total. The van der Waals surface area contributed by atoms with Crippen molar-refractivity contribution in [1.29, 1.82) is 0 Å². The Morgan fingerprint density at radius 1 is 1.24 bits per heavy atom. The van der Waals surface area contributed by atoms with E-state index in [2.05, 4.69) is 41.8 Å². The summed E-state index contributed by atoms with van der Waals surface area (Å²) in [6.07, 6.45) is 7.77. The first-order valence-corrected chi connectivity index (χ1v) is 8.58. The van der Waals surface area contributed by atoms with Crippen LogP contribution in [0.1, 0.15) is 30.4 Å². The Morgan fingerprint density at radius 3 is 2.88 bits per heavy atom. The zero-order valence-corrected chi connectivity index (χ0v) is 14.3. The summed E-state index contributed by atoms with van der Waals surface area (Å²) in [5.74, 6) is 3.31. The number of nitrogens with zero attached hydrogens (tertiary/aromatic N) is 5. The smallest absolute Gasteiger partial charge is 0.137 e. The molecule has 130 valence electrons. The minimum Gasteiger partial charge on any atom is -0.497 e. The van der Waals surface area contributed by atoms with Gasteiger partial charge in [-0.3, -0.25) is 10.00 Å². The van der Waals surface area contributed by atoms with Crippen LogP contribution in [0.2, 0.25) is 0 Å². The van der Waals surface area contributed by atoms with Crippen LogP contribution in [-0.2, 0) is 6.54 Å². The maximum atomic E-state index is 5.24. The number of H-pyrrole nitrogens is 1. The van der Waals surface area contributed by atoms with Crippen molar-refractivity contribution in [3.63, 3.8) is 0 Å². The van der Waals surface area contributed by atoms with Gasteiger partial charge in [0.1, 0.15) is 23.7 Å². The average molecular weight is 338 g/mol. The SMILES string of the molecule is COc1ccc(-n2ccnc2CN2CCCC(c3ncn[nH]3)C2)cc1. The molecule has 1 saturated heterocycles. The highest BCUT2D eigenvalue weighted by Gasteiger charge is 2.24. The quantitative estimate of drug-likeness (QED) is 0.773. The van der Waals surface area contributed by atoms with Gasteiger partial charge < -0.3 is 9.30 Å². The molecule has 1 aromatic carbocycles.